The Balaban J connectivity index is 2.79. The molecule has 5 nitrogen and oxygen atoms in total. The molecule has 0 spiro atoms. The molecule has 1 aromatic rings. The van der Waals surface area contributed by atoms with Crippen LogP contribution in [-0.4, -0.2) is 18.5 Å². The molecular weight excluding hydrogens is 256 g/mol. The summed E-state index contributed by atoms with van der Waals surface area (Å²) in [6.07, 6.45) is 0. The van der Waals surface area contributed by atoms with Crippen LogP contribution in [0.15, 0.2) is 41.7 Å². The molecule has 0 saturated heterocycles. The molecule has 0 atom stereocenters. The molecule has 0 aliphatic heterocycles. The van der Waals surface area contributed by atoms with Crippen LogP contribution in [0.5, 0.6) is 0 Å². The maximum atomic E-state index is 11.8. The number of hydrogen-bond acceptors (Lipinski definition) is 4. The molecule has 20 heavy (non-hydrogen) atoms. The molecule has 0 heterocycles. The second-order valence-corrected chi connectivity index (χ2v) is 4.24. The number of allylic oxidation sites excluding steroid dienone is 1. The van der Waals surface area contributed by atoms with E-state index in [4.69, 9.17) is 4.74 Å². The predicted octanol–water partition coefficient (Wildman–Crippen LogP) is 1.71. The summed E-state index contributed by atoms with van der Waals surface area (Å²) in [5.41, 5.74) is 1.80. The second kappa shape index (κ2) is 7.99. The van der Waals surface area contributed by atoms with Gasteiger partial charge in [0.2, 0.25) is 5.91 Å². The van der Waals surface area contributed by atoms with Crippen LogP contribution in [0.3, 0.4) is 0 Å². The van der Waals surface area contributed by atoms with Crippen LogP contribution in [0.4, 0.5) is 0 Å². The van der Waals surface area contributed by atoms with Gasteiger partial charge in [0, 0.05) is 19.2 Å². The van der Waals surface area contributed by atoms with Crippen LogP contribution < -0.4 is 10.6 Å². The maximum Gasteiger partial charge on any atom is 0.356 e. The van der Waals surface area contributed by atoms with Gasteiger partial charge in [0.05, 0.1) is 6.61 Å². The SMILES string of the molecule is CCOC(=O)C(NC(C)=O)=C(C)NCc1ccccc1. The maximum absolute atomic E-state index is 11.8. The summed E-state index contributed by atoms with van der Waals surface area (Å²) in [5.74, 6) is -0.852. The lowest BCUT2D eigenvalue weighted by Crippen LogP contribution is -2.30. The Morgan fingerprint density at radius 2 is 1.80 bits per heavy atom. The van der Waals surface area contributed by atoms with Gasteiger partial charge in [0.15, 0.2) is 0 Å². The van der Waals surface area contributed by atoms with Crippen molar-refractivity contribution >= 4 is 11.9 Å². The summed E-state index contributed by atoms with van der Waals surface area (Å²) in [6.45, 7) is 5.62. The van der Waals surface area contributed by atoms with Crippen molar-refractivity contribution in [2.45, 2.75) is 27.3 Å². The van der Waals surface area contributed by atoms with E-state index in [0.29, 0.717) is 12.2 Å². The first-order valence-corrected chi connectivity index (χ1v) is 6.48. The van der Waals surface area contributed by atoms with E-state index in [1.807, 2.05) is 30.3 Å². The number of carbonyl (C=O) groups excluding carboxylic acids is 2. The molecule has 0 bridgehead atoms. The molecule has 5 heteroatoms. The molecule has 0 fully saturated rings. The van der Waals surface area contributed by atoms with E-state index in [0.717, 1.165) is 5.56 Å². The first-order chi connectivity index (χ1) is 9.54. The van der Waals surface area contributed by atoms with Gasteiger partial charge in [-0.2, -0.15) is 0 Å². The van der Waals surface area contributed by atoms with E-state index in [-0.39, 0.29) is 18.2 Å². The molecule has 0 aliphatic rings. The molecule has 0 unspecified atom stereocenters. The van der Waals surface area contributed by atoms with Gasteiger partial charge in [-0.1, -0.05) is 30.3 Å². The standard InChI is InChI=1S/C15H20N2O3/c1-4-20-15(19)14(17-12(3)18)11(2)16-10-13-8-6-5-7-9-13/h5-9,16H,4,10H2,1-3H3,(H,17,18). The van der Waals surface area contributed by atoms with E-state index < -0.39 is 5.97 Å². The average Bonchev–Trinajstić information content (AvgIpc) is 2.43. The molecule has 2 N–H and O–H groups in total. The van der Waals surface area contributed by atoms with Gasteiger partial charge in [-0.15, -0.1) is 0 Å². The number of rotatable bonds is 6. The fourth-order valence-electron chi connectivity index (χ4n) is 1.60. The molecule has 0 radical (unpaired) electrons. The smallest absolute Gasteiger partial charge is 0.356 e. The van der Waals surface area contributed by atoms with Crippen molar-refractivity contribution in [3.63, 3.8) is 0 Å². The predicted molar refractivity (Wildman–Crippen MR) is 76.4 cm³/mol. The Bertz CT molecular complexity index is 495. The monoisotopic (exact) mass is 276 g/mol. The lowest BCUT2D eigenvalue weighted by atomic mass is 10.2. The summed E-state index contributed by atoms with van der Waals surface area (Å²) >= 11 is 0. The van der Waals surface area contributed by atoms with E-state index in [1.165, 1.54) is 6.92 Å². The fourth-order valence-corrected chi connectivity index (χ4v) is 1.60. The van der Waals surface area contributed by atoms with Gasteiger partial charge >= 0.3 is 5.97 Å². The van der Waals surface area contributed by atoms with Gasteiger partial charge in [-0.3, -0.25) is 4.79 Å². The molecule has 0 aromatic heterocycles. The minimum atomic E-state index is -0.541. The third-order valence-corrected chi connectivity index (χ3v) is 2.56. The zero-order valence-electron chi connectivity index (χ0n) is 12.0. The van der Waals surface area contributed by atoms with Gasteiger partial charge in [0.25, 0.3) is 0 Å². The summed E-state index contributed by atoms with van der Waals surface area (Å²) in [4.78, 5) is 23.0. The Hall–Kier alpha value is -2.30. The molecule has 1 rings (SSSR count). The minimum Gasteiger partial charge on any atom is -0.461 e. The Morgan fingerprint density at radius 3 is 2.35 bits per heavy atom. The van der Waals surface area contributed by atoms with Crippen LogP contribution in [0.2, 0.25) is 0 Å². The van der Waals surface area contributed by atoms with Crippen molar-refractivity contribution in [2.75, 3.05) is 6.61 Å². The van der Waals surface area contributed by atoms with Crippen molar-refractivity contribution < 1.29 is 14.3 Å². The van der Waals surface area contributed by atoms with Crippen LogP contribution in [-0.2, 0) is 20.9 Å². The normalized spacial score (nSPS) is 11.3. The van der Waals surface area contributed by atoms with Gasteiger partial charge < -0.3 is 15.4 Å². The van der Waals surface area contributed by atoms with Crippen molar-refractivity contribution in [3.8, 4) is 0 Å². The first kappa shape index (κ1) is 15.8. The van der Waals surface area contributed by atoms with Crippen LogP contribution in [0.1, 0.15) is 26.3 Å². The molecular formula is C15H20N2O3. The second-order valence-electron chi connectivity index (χ2n) is 4.24. The Labute approximate surface area is 119 Å². The Kier molecular flexibility index (Phi) is 6.29. The van der Waals surface area contributed by atoms with Crippen molar-refractivity contribution in [2.24, 2.45) is 0 Å². The van der Waals surface area contributed by atoms with Crippen LogP contribution in [0.25, 0.3) is 0 Å². The minimum absolute atomic E-state index is 0.148. The first-order valence-electron chi connectivity index (χ1n) is 6.48. The number of benzene rings is 1. The van der Waals surface area contributed by atoms with Crippen LogP contribution in [0, 0.1) is 0 Å². The number of carbonyl (C=O) groups is 2. The molecule has 0 saturated carbocycles. The van der Waals surface area contributed by atoms with E-state index in [9.17, 15) is 9.59 Å². The number of nitrogens with one attached hydrogen (secondary N) is 2. The highest BCUT2D eigenvalue weighted by Gasteiger charge is 2.15. The van der Waals surface area contributed by atoms with E-state index in [1.54, 1.807) is 13.8 Å². The number of ether oxygens (including phenoxy) is 1. The largest absolute Gasteiger partial charge is 0.461 e. The number of esters is 1. The Morgan fingerprint density at radius 1 is 1.15 bits per heavy atom. The molecule has 0 aliphatic carbocycles. The zero-order valence-corrected chi connectivity index (χ0v) is 12.0. The molecule has 1 aromatic carbocycles. The zero-order chi connectivity index (χ0) is 15.0. The highest BCUT2D eigenvalue weighted by atomic mass is 16.5. The van der Waals surface area contributed by atoms with Crippen molar-refractivity contribution in [3.05, 3.63) is 47.3 Å². The third-order valence-electron chi connectivity index (χ3n) is 2.56. The van der Waals surface area contributed by atoms with Crippen molar-refractivity contribution in [1.29, 1.82) is 0 Å². The molecule has 1 amide bonds. The van der Waals surface area contributed by atoms with E-state index in [2.05, 4.69) is 10.6 Å². The number of amides is 1. The molecule has 108 valence electrons. The third kappa shape index (κ3) is 5.14. The number of hydrogen-bond donors (Lipinski definition) is 2. The highest BCUT2D eigenvalue weighted by Crippen LogP contribution is 2.04. The summed E-state index contributed by atoms with van der Waals surface area (Å²) in [6, 6.07) is 9.77. The van der Waals surface area contributed by atoms with Gasteiger partial charge in [-0.05, 0) is 19.4 Å². The lowest BCUT2D eigenvalue weighted by Gasteiger charge is -2.13. The summed E-state index contributed by atoms with van der Waals surface area (Å²) in [5, 5.41) is 5.61. The van der Waals surface area contributed by atoms with Crippen molar-refractivity contribution in [1.82, 2.24) is 10.6 Å². The highest BCUT2D eigenvalue weighted by molar-refractivity contribution is 5.93. The lowest BCUT2D eigenvalue weighted by molar-refractivity contribution is -0.140. The van der Waals surface area contributed by atoms with Crippen LogP contribution >= 0.6 is 0 Å². The van der Waals surface area contributed by atoms with Gasteiger partial charge in [0.1, 0.15) is 5.70 Å². The van der Waals surface area contributed by atoms with Gasteiger partial charge in [-0.25, -0.2) is 4.79 Å². The quantitative estimate of drug-likeness (QED) is 0.613. The fraction of sp³-hybridized carbons (Fsp3) is 0.333. The summed E-state index contributed by atoms with van der Waals surface area (Å²) in [7, 11) is 0. The average molecular weight is 276 g/mol. The summed E-state index contributed by atoms with van der Waals surface area (Å²) < 4.78 is 4.93. The van der Waals surface area contributed by atoms with E-state index >= 15 is 0 Å². The topological polar surface area (TPSA) is 67.4 Å².